The lowest BCUT2D eigenvalue weighted by Gasteiger charge is -2.42. The molecule has 0 aliphatic heterocycles. The molecule has 0 spiro atoms. The van der Waals surface area contributed by atoms with E-state index in [9.17, 15) is 229 Å². The summed E-state index contributed by atoms with van der Waals surface area (Å²) >= 11 is 0. The second-order valence-corrected chi connectivity index (χ2v) is 18.3. The maximum Gasteiger partial charge on any atom is 0.460 e. The Morgan fingerprint density at radius 1 is 0.207 bits per heavy atom. The van der Waals surface area contributed by atoms with E-state index in [1.165, 1.54) is 0 Å². The summed E-state index contributed by atoms with van der Waals surface area (Å²) in [6, 6.07) is 0. The molecule has 0 fully saturated rings. The van der Waals surface area contributed by atoms with Gasteiger partial charge in [0.05, 0.1) is 13.2 Å². The lowest BCUT2D eigenvalue weighted by Crippen LogP contribution is -2.74. The van der Waals surface area contributed by atoms with Gasteiger partial charge in [0.15, 0.2) is 0 Å². The average Bonchev–Trinajstić information content (AvgIpc) is 0.710. The van der Waals surface area contributed by atoms with Crippen molar-refractivity contribution in [3.8, 4) is 0 Å². The van der Waals surface area contributed by atoms with E-state index in [4.69, 9.17) is 0 Å². The Morgan fingerprint density at radius 2 is 0.370 bits per heavy atom. The summed E-state index contributed by atoms with van der Waals surface area (Å²) in [5, 5.41) is 9.56. The van der Waals surface area contributed by atoms with Gasteiger partial charge in [0.1, 0.15) is 12.2 Å². The summed E-state index contributed by atoms with van der Waals surface area (Å²) in [5.74, 6) is -182. The molecule has 1 N–H and O–H groups in total. The van der Waals surface area contributed by atoms with Crippen LogP contribution in [-0.4, -0.2) is 193 Å². The van der Waals surface area contributed by atoms with E-state index in [1.807, 2.05) is 0 Å². The minimum Gasteiger partial charge on any atom is -0.394 e. The number of hydrogen-bond donors (Lipinski definition) is 1. The molecule has 0 aromatic rings. The van der Waals surface area contributed by atoms with Gasteiger partial charge >= 0.3 is 143 Å². The summed E-state index contributed by atoms with van der Waals surface area (Å²) in [4.78, 5) is 0. The Hall–Kier alpha value is -3.73. The number of rotatable bonds is 36. The van der Waals surface area contributed by atoms with Gasteiger partial charge in [-0.2, -0.15) is 224 Å². The predicted molar refractivity (Wildman–Crippen MR) is 187 cm³/mol. The first-order valence-electron chi connectivity index (χ1n) is 22.0. The SMILES string of the molecule is OC[C@H](OCCCC(F)(F)C(F)(F)C(F)(F)C(F)(F)C(F)(F)C(F)(F)C(F)(F)C(F)(F)F)[C@@H](COCCCC(F)(F)C(F)(F)C(F)(F)C(F)(F)C(F)(F)C(F)(F)C(F)(F)C(F)(F)F)OCCCC(F)(F)C(F)(F)C(F)(F)C(F)(F)C(F)(F)C(F)(F)C(F)(F)C(F)(F)F. The van der Waals surface area contributed by atoms with E-state index in [0.717, 1.165) is 0 Å². The van der Waals surface area contributed by atoms with Crippen LogP contribution in [0.5, 0.6) is 0 Å². The number of alkyl halides is 51. The third-order valence-corrected chi connectivity index (χ3v) is 12.0. The van der Waals surface area contributed by atoms with Crippen molar-refractivity contribution in [2.75, 3.05) is 33.0 Å². The summed E-state index contributed by atoms with van der Waals surface area (Å²) in [7, 11) is 0. The van der Waals surface area contributed by atoms with E-state index in [1.54, 1.807) is 0 Å². The van der Waals surface area contributed by atoms with Crippen LogP contribution >= 0.6 is 0 Å². The van der Waals surface area contributed by atoms with Gasteiger partial charge in [0.2, 0.25) is 0 Å². The van der Waals surface area contributed by atoms with E-state index in [-0.39, 0.29) is 0 Å². The molecule has 0 heterocycles. The lowest BCUT2D eigenvalue weighted by molar-refractivity contribution is -0.461. The standard InChI is InChI=1S/C37H25F51O4/c38-14(39,17(44,45)20(50,51)23(56,57)26(62,63)29(68,69)32(74,75)35(80,81)82)4-1-7-90-11-13(92-9-3-6-16(42,43)19(48,49)22(54,55)25(60,61)28(66,67)31(72,73)34(78,79)37(86,87)88)12(10-89)91-8-2-5-15(40,41)18(46,47)21(52,53)24(58,59)27(64,65)30(70,71)33(76,77)36(83,84)85/h12-13,89H,1-11H2/t12-,13+/m0/s1. The summed E-state index contributed by atoms with van der Waals surface area (Å²) < 4.78 is 707. The fourth-order valence-electron chi connectivity index (χ4n) is 6.25. The monoisotopic (exact) mass is 1500 g/mol. The third-order valence-electron chi connectivity index (χ3n) is 12.0. The average molecular weight is 1500 g/mol. The fraction of sp³-hybridized carbons (Fsp3) is 1.00. The zero-order valence-corrected chi connectivity index (χ0v) is 41.9. The largest absolute Gasteiger partial charge is 0.460 e. The van der Waals surface area contributed by atoms with Gasteiger partial charge in [-0.25, -0.2) is 0 Å². The molecule has 0 saturated carbocycles. The molecule has 0 aromatic heterocycles. The Bertz CT molecular complexity index is 2410. The molecule has 92 heavy (non-hydrogen) atoms. The molecule has 0 rings (SSSR count). The Morgan fingerprint density at radius 3 is 0.554 bits per heavy atom. The molecule has 0 saturated heterocycles. The van der Waals surface area contributed by atoms with Crippen molar-refractivity contribution in [2.45, 2.75) is 194 Å². The van der Waals surface area contributed by atoms with E-state index >= 15 is 0 Å². The minimum atomic E-state index is -9.22. The van der Waals surface area contributed by atoms with Crippen molar-refractivity contribution in [3.05, 3.63) is 0 Å². The number of aliphatic hydroxyl groups is 1. The molecular formula is C37H25F51O4. The van der Waals surface area contributed by atoms with Crippen LogP contribution in [0.2, 0.25) is 0 Å². The third kappa shape index (κ3) is 13.4. The maximum absolute atomic E-state index is 14.5. The van der Waals surface area contributed by atoms with Crippen molar-refractivity contribution in [2.24, 2.45) is 0 Å². The first-order valence-corrected chi connectivity index (χ1v) is 22.0. The molecule has 55 heteroatoms. The second kappa shape index (κ2) is 25.3. The van der Waals surface area contributed by atoms with Crippen LogP contribution in [0.3, 0.4) is 0 Å². The van der Waals surface area contributed by atoms with E-state index < -0.39 is 227 Å². The number of aliphatic hydroxyl groups excluding tert-OH is 1. The van der Waals surface area contributed by atoms with Crippen LogP contribution in [0.15, 0.2) is 0 Å². The van der Waals surface area contributed by atoms with Gasteiger partial charge in [-0.1, -0.05) is 0 Å². The number of hydrogen-bond acceptors (Lipinski definition) is 4. The molecule has 0 aliphatic rings. The molecule has 554 valence electrons. The Balaban J connectivity index is 7.24. The van der Waals surface area contributed by atoms with E-state index in [0.29, 0.717) is 0 Å². The predicted octanol–water partition coefficient (Wildman–Crippen LogP) is 18.1. The van der Waals surface area contributed by atoms with Crippen LogP contribution in [0.25, 0.3) is 0 Å². The molecule has 4 nitrogen and oxygen atoms in total. The van der Waals surface area contributed by atoms with Crippen LogP contribution in [0, 0.1) is 0 Å². The van der Waals surface area contributed by atoms with Crippen LogP contribution in [-0.2, 0) is 14.2 Å². The maximum atomic E-state index is 14.5. The molecule has 0 bridgehead atoms. The summed E-state index contributed by atoms with van der Waals surface area (Å²) in [6.45, 7) is -11.4. The topological polar surface area (TPSA) is 47.9 Å². The zero-order chi connectivity index (χ0) is 75.1. The van der Waals surface area contributed by atoms with Gasteiger partial charge in [0, 0.05) is 39.1 Å². The summed E-state index contributed by atoms with van der Waals surface area (Å²) in [5.41, 5.74) is 0. The first-order chi connectivity index (χ1) is 39.5. The van der Waals surface area contributed by atoms with Gasteiger partial charge < -0.3 is 19.3 Å². The molecule has 0 radical (unpaired) electrons. The van der Waals surface area contributed by atoms with Crippen LogP contribution in [0.4, 0.5) is 224 Å². The van der Waals surface area contributed by atoms with E-state index in [2.05, 4.69) is 14.2 Å². The molecule has 0 unspecified atom stereocenters. The van der Waals surface area contributed by atoms with Gasteiger partial charge in [-0.05, 0) is 19.3 Å². The molecule has 0 amide bonds. The number of halogens is 51. The highest BCUT2D eigenvalue weighted by Crippen LogP contribution is 2.68. The van der Waals surface area contributed by atoms with Gasteiger partial charge in [0.25, 0.3) is 0 Å². The molecule has 2 atom stereocenters. The highest BCUT2D eigenvalue weighted by atomic mass is 19.5. The van der Waals surface area contributed by atoms with Gasteiger partial charge in [-0.15, -0.1) is 0 Å². The number of ether oxygens (including phenoxy) is 3. The zero-order valence-electron chi connectivity index (χ0n) is 41.9. The van der Waals surface area contributed by atoms with Crippen LogP contribution < -0.4 is 0 Å². The molecule has 0 aliphatic carbocycles. The highest BCUT2D eigenvalue weighted by Gasteiger charge is 2.98. The Labute approximate surface area is 470 Å². The highest BCUT2D eigenvalue weighted by molar-refractivity contribution is 5.18. The molecule has 0 aromatic carbocycles. The smallest absolute Gasteiger partial charge is 0.394 e. The quantitative estimate of drug-likeness (QED) is 0.0502. The molecular weight excluding hydrogens is 1480 g/mol. The van der Waals surface area contributed by atoms with Crippen molar-refractivity contribution < 1.29 is 243 Å². The fourth-order valence-corrected chi connectivity index (χ4v) is 6.25. The van der Waals surface area contributed by atoms with Crippen molar-refractivity contribution in [3.63, 3.8) is 0 Å². The summed E-state index contributed by atoms with van der Waals surface area (Å²) in [6.07, 6.45) is -48.8. The normalized spacial score (nSPS) is 17.2. The minimum absolute atomic E-state index is 2.22. The van der Waals surface area contributed by atoms with Gasteiger partial charge in [-0.3, -0.25) is 0 Å². The Kier molecular flexibility index (Phi) is 24.3. The lowest BCUT2D eigenvalue weighted by atomic mass is 9.88. The van der Waals surface area contributed by atoms with Crippen molar-refractivity contribution in [1.82, 2.24) is 0 Å². The van der Waals surface area contributed by atoms with Crippen molar-refractivity contribution >= 4 is 0 Å². The van der Waals surface area contributed by atoms with Crippen LogP contribution in [0.1, 0.15) is 38.5 Å². The first kappa shape index (κ1) is 88.3. The second-order valence-electron chi connectivity index (χ2n) is 18.3. The van der Waals surface area contributed by atoms with Crippen molar-refractivity contribution in [1.29, 1.82) is 0 Å².